The number of halogens is 1. The van der Waals surface area contributed by atoms with Crippen molar-refractivity contribution < 1.29 is 4.39 Å². The number of hydrogen-bond donors (Lipinski definition) is 1. The van der Waals surface area contributed by atoms with Crippen LogP contribution < -0.4 is 0 Å². The van der Waals surface area contributed by atoms with Crippen LogP contribution in [0.15, 0.2) is 12.4 Å². The Kier molecular flexibility index (Phi) is 1.34. The number of rotatable bonds is 0. The summed E-state index contributed by atoms with van der Waals surface area (Å²) in [6.07, 6.45) is 2.44. The Labute approximate surface area is 50.4 Å². The molecule has 0 radical (unpaired) electrons. The first-order valence-corrected chi connectivity index (χ1v) is 2.40. The summed E-state index contributed by atoms with van der Waals surface area (Å²) in [5, 5.41) is 0. The maximum absolute atomic E-state index is 12.0. The molecule has 0 aromatic carbocycles. The summed E-state index contributed by atoms with van der Waals surface area (Å²) < 4.78 is 12.3. The van der Waals surface area contributed by atoms with E-state index >= 15 is 0 Å². The quantitative estimate of drug-likeness (QED) is 0.536. The van der Waals surface area contributed by atoms with E-state index in [4.69, 9.17) is 0 Å². The van der Waals surface area contributed by atoms with Gasteiger partial charge in [0.15, 0.2) is 0 Å². The predicted octanol–water partition coefficient (Wildman–Crippen LogP) is 1.28. The Morgan fingerprint density at radius 3 is 2.75 bits per heavy atom. The van der Waals surface area contributed by atoms with E-state index in [1.165, 1.54) is 6.20 Å². The Bertz CT molecular complexity index is 231. The highest BCUT2D eigenvalue weighted by atomic mass is 32.1. The second-order valence-electron chi connectivity index (χ2n) is 1.24. The minimum absolute atomic E-state index is 0.310. The molecule has 0 atom stereocenters. The first kappa shape index (κ1) is 5.37. The van der Waals surface area contributed by atoms with Gasteiger partial charge in [-0.2, -0.15) is 4.39 Å². The largest absolute Gasteiger partial charge is 0.320 e. The summed E-state index contributed by atoms with van der Waals surface area (Å²) in [5.74, 6) is -0.502. The average Bonchev–Trinajstić information content (AvgIpc) is 1.64. The summed E-state index contributed by atoms with van der Waals surface area (Å²) in [7, 11) is 0. The lowest BCUT2D eigenvalue weighted by Crippen LogP contribution is -1.82. The van der Waals surface area contributed by atoms with Gasteiger partial charge in [-0.05, 0) is 0 Å². The van der Waals surface area contributed by atoms with E-state index in [0.29, 0.717) is 4.64 Å². The van der Waals surface area contributed by atoms with Gasteiger partial charge in [0.25, 0.3) is 0 Å². The molecule has 0 amide bonds. The van der Waals surface area contributed by atoms with Gasteiger partial charge in [0.2, 0.25) is 5.95 Å². The summed E-state index contributed by atoms with van der Waals surface area (Å²) in [4.78, 5) is 5.73. The molecular weight excluding hydrogens is 127 g/mol. The van der Waals surface area contributed by atoms with Crippen molar-refractivity contribution in [3.63, 3.8) is 0 Å². The number of nitrogens with one attached hydrogen (secondary N) is 1. The smallest absolute Gasteiger partial charge is 0.210 e. The molecule has 1 aromatic heterocycles. The van der Waals surface area contributed by atoms with Crippen LogP contribution in [0.3, 0.4) is 0 Å². The van der Waals surface area contributed by atoms with Crippen LogP contribution >= 0.6 is 12.2 Å². The second-order valence-corrected chi connectivity index (χ2v) is 1.68. The highest BCUT2D eigenvalue weighted by Crippen LogP contribution is 1.85. The van der Waals surface area contributed by atoms with Crippen LogP contribution in [0.1, 0.15) is 0 Å². The van der Waals surface area contributed by atoms with Crippen molar-refractivity contribution in [2.45, 2.75) is 0 Å². The molecule has 1 aromatic rings. The summed E-state index contributed by atoms with van der Waals surface area (Å²) >= 11 is 4.54. The number of nitrogens with zero attached hydrogens (tertiary/aromatic N) is 1. The van der Waals surface area contributed by atoms with Gasteiger partial charge in [-0.1, -0.05) is 12.2 Å². The van der Waals surface area contributed by atoms with Crippen LogP contribution in [-0.2, 0) is 0 Å². The third-order valence-electron chi connectivity index (χ3n) is 0.622. The van der Waals surface area contributed by atoms with Gasteiger partial charge in [0, 0.05) is 0 Å². The average molecular weight is 130 g/mol. The monoisotopic (exact) mass is 130 g/mol. The standard InChI is InChI=1S/C4H3FN2S/c5-3-1-6-2-4(8)7-3/h1-2H,(H,7,8). The molecule has 0 fully saturated rings. The van der Waals surface area contributed by atoms with Crippen molar-refractivity contribution in [2.75, 3.05) is 0 Å². The van der Waals surface area contributed by atoms with Gasteiger partial charge >= 0.3 is 0 Å². The van der Waals surface area contributed by atoms with E-state index < -0.39 is 5.95 Å². The molecule has 0 unspecified atom stereocenters. The molecule has 8 heavy (non-hydrogen) atoms. The molecule has 0 bridgehead atoms. The van der Waals surface area contributed by atoms with Crippen LogP contribution in [0.2, 0.25) is 0 Å². The normalized spacial score (nSPS) is 9.12. The van der Waals surface area contributed by atoms with Gasteiger partial charge in [0.1, 0.15) is 4.64 Å². The zero-order valence-electron chi connectivity index (χ0n) is 3.89. The van der Waals surface area contributed by atoms with Gasteiger partial charge in [-0.25, -0.2) is 0 Å². The van der Waals surface area contributed by atoms with Crippen LogP contribution in [0, 0.1) is 10.6 Å². The van der Waals surface area contributed by atoms with Crippen LogP contribution in [0.25, 0.3) is 0 Å². The lowest BCUT2D eigenvalue weighted by atomic mass is 10.7. The fraction of sp³-hybridized carbons (Fsp3) is 0. The topological polar surface area (TPSA) is 28.7 Å². The fourth-order valence-electron chi connectivity index (χ4n) is 0.353. The molecule has 4 heteroatoms. The third-order valence-corrected chi connectivity index (χ3v) is 0.830. The summed E-state index contributed by atoms with van der Waals surface area (Å²) in [5.41, 5.74) is 0. The lowest BCUT2D eigenvalue weighted by molar-refractivity contribution is 0.575. The fourth-order valence-corrected chi connectivity index (χ4v) is 0.511. The minimum Gasteiger partial charge on any atom is -0.320 e. The maximum Gasteiger partial charge on any atom is 0.210 e. The molecule has 0 aliphatic rings. The van der Waals surface area contributed by atoms with Crippen LogP contribution in [-0.4, -0.2) is 9.97 Å². The van der Waals surface area contributed by atoms with Crippen molar-refractivity contribution in [3.05, 3.63) is 23.0 Å². The molecule has 2 nitrogen and oxygen atoms in total. The number of aromatic nitrogens is 2. The van der Waals surface area contributed by atoms with E-state index in [-0.39, 0.29) is 0 Å². The Hall–Kier alpha value is -0.770. The van der Waals surface area contributed by atoms with Crippen LogP contribution in [0.5, 0.6) is 0 Å². The maximum atomic E-state index is 12.0. The molecular formula is C4H3FN2S. The van der Waals surface area contributed by atoms with E-state index in [1.807, 2.05) is 0 Å². The summed E-state index contributed by atoms with van der Waals surface area (Å²) in [6.45, 7) is 0. The molecule has 0 saturated carbocycles. The van der Waals surface area contributed by atoms with Crippen molar-refractivity contribution in [1.82, 2.24) is 9.97 Å². The number of H-pyrrole nitrogens is 1. The zero-order valence-corrected chi connectivity index (χ0v) is 4.70. The van der Waals surface area contributed by atoms with Gasteiger partial charge in [-0.15, -0.1) is 0 Å². The van der Waals surface area contributed by atoms with Gasteiger partial charge < -0.3 is 4.98 Å². The molecule has 0 aliphatic carbocycles. The first-order chi connectivity index (χ1) is 3.79. The Balaban J connectivity index is 3.28. The van der Waals surface area contributed by atoms with Gasteiger partial charge in [-0.3, -0.25) is 4.98 Å². The van der Waals surface area contributed by atoms with Crippen LogP contribution in [0.4, 0.5) is 4.39 Å². The Morgan fingerprint density at radius 2 is 2.38 bits per heavy atom. The lowest BCUT2D eigenvalue weighted by Gasteiger charge is -1.82. The molecule has 42 valence electrons. The highest BCUT2D eigenvalue weighted by molar-refractivity contribution is 7.71. The zero-order chi connectivity index (χ0) is 5.98. The van der Waals surface area contributed by atoms with E-state index in [1.54, 1.807) is 0 Å². The molecule has 1 N–H and O–H groups in total. The Morgan fingerprint density at radius 1 is 1.62 bits per heavy atom. The molecule has 0 spiro atoms. The van der Waals surface area contributed by atoms with Crippen molar-refractivity contribution in [2.24, 2.45) is 0 Å². The van der Waals surface area contributed by atoms with E-state index in [2.05, 4.69) is 22.2 Å². The second kappa shape index (κ2) is 2.00. The SMILES string of the molecule is Fc1cncc(=S)[nH]1. The van der Waals surface area contributed by atoms with Crippen molar-refractivity contribution >= 4 is 12.2 Å². The number of aromatic amines is 1. The highest BCUT2D eigenvalue weighted by Gasteiger charge is 1.82. The summed E-state index contributed by atoms with van der Waals surface area (Å²) in [6, 6.07) is 0. The van der Waals surface area contributed by atoms with Gasteiger partial charge in [0.05, 0.1) is 12.4 Å². The van der Waals surface area contributed by atoms with E-state index in [9.17, 15) is 4.39 Å². The minimum atomic E-state index is -0.502. The van der Waals surface area contributed by atoms with E-state index in [0.717, 1.165) is 6.20 Å². The third kappa shape index (κ3) is 1.10. The van der Waals surface area contributed by atoms with Crippen molar-refractivity contribution in [1.29, 1.82) is 0 Å². The molecule has 0 aliphatic heterocycles. The first-order valence-electron chi connectivity index (χ1n) is 1.99. The van der Waals surface area contributed by atoms with Crippen molar-refractivity contribution in [3.8, 4) is 0 Å². The molecule has 0 saturated heterocycles. The number of hydrogen-bond acceptors (Lipinski definition) is 2. The predicted molar refractivity (Wildman–Crippen MR) is 29.4 cm³/mol. The molecule has 1 rings (SSSR count). The molecule has 1 heterocycles.